The van der Waals surface area contributed by atoms with Crippen LogP contribution in [0.2, 0.25) is 5.02 Å². The lowest BCUT2D eigenvalue weighted by Crippen LogP contribution is -2.08. The van der Waals surface area contributed by atoms with Crippen molar-refractivity contribution < 1.29 is 4.92 Å². The van der Waals surface area contributed by atoms with Crippen LogP contribution < -0.4 is 5.32 Å². The van der Waals surface area contributed by atoms with Crippen LogP contribution in [0.4, 0.5) is 11.4 Å². The summed E-state index contributed by atoms with van der Waals surface area (Å²) < 4.78 is 0. The first kappa shape index (κ1) is 14.3. The van der Waals surface area contributed by atoms with E-state index in [-0.39, 0.29) is 16.7 Å². The molecule has 0 radical (unpaired) electrons. The van der Waals surface area contributed by atoms with Crippen LogP contribution in [0.5, 0.6) is 0 Å². The lowest BCUT2D eigenvalue weighted by Gasteiger charge is -2.16. The second kappa shape index (κ2) is 5.92. The smallest absolute Gasteiger partial charge is 0.292 e. The van der Waals surface area contributed by atoms with Crippen LogP contribution in [0, 0.1) is 17.0 Å². The van der Waals surface area contributed by atoms with Gasteiger partial charge < -0.3 is 5.32 Å². The van der Waals surface area contributed by atoms with E-state index in [1.165, 1.54) is 0 Å². The standard InChI is InChI=1S/C15H15ClN2O2/c1-10-3-8-14(15(9-10)18(19)20)17-11(2)12-4-6-13(16)7-5-12/h3-9,11,17H,1-2H3. The Morgan fingerprint density at radius 1 is 1.20 bits per heavy atom. The van der Waals surface area contributed by atoms with Gasteiger partial charge in [0.05, 0.1) is 4.92 Å². The fraction of sp³-hybridized carbons (Fsp3) is 0.200. The zero-order valence-corrected chi connectivity index (χ0v) is 12.0. The van der Waals surface area contributed by atoms with Crippen LogP contribution in [-0.2, 0) is 0 Å². The summed E-state index contributed by atoms with van der Waals surface area (Å²) in [5, 5.41) is 14.9. The van der Waals surface area contributed by atoms with Gasteiger partial charge in [-0.3, -0.25) is 10.1 Å². The highest BCUT2D eigenvalue weighted by Gasteiger charge is 2.16. The Balaban J connectivity index is 2.25. The number of nitro groups is 1. The molecule has 1 atom stereocenters. The van der Waals surface area contributed by atoms with Gasteiger partial charge in [-0.05, 0) is 43.2 Å². The molecule has 0 aliphatic carbocycles. The van der Waals surface area contributed by atoms with Crippen molar-refractivity contribution in [3.8, 4) is 0 Å². The van der Waals surface area contributed by atoms with Crippen molar-refractivity contribution in [1.82, 2.24) is 0 Å². The minimum Gasteiger partial charge on any atom is -0.373 e. The lowest BCUT2D eigenvalue weighted by atomic mass is 10.1. The van der Waals surface area contributed by atoms with E-state index in [4.69, 9.17) is 11.6 Å². The molecule has 1 unspecified atom stereocenters. The maximum absolute atomic E-state index is 11.1. The fourth-order valence-corrected chi connectivity index (χ4v) is 2.11. The summed E-state index contributed by atoms with van der Waals surface area (Å²) in [6, 6.07) is 12.5. The largest absolute Gasteiger partial charge is 0.373 e. The number of nitrogens with one attached hydrogen (secondary N) is 1. The van der Waals surface area contributed by atoms with Crippen molar-refractivity contribution in [2.75, 3.05) is 5.32 Å². The molecular weight excluding hydrogens is 276 g/mol. The predicted octanol–water partition coefficient (Wildman–Crippen LogP) is 4.73. The third kappa shape index (κ3) is 3.27. The lowest BCUT2D eigenvalue weighted by molar-refractivity contribution is -0.384. The van der Waals surface area contributed by atoms with Gasteiger partial charge in [-0.1, -0.05) is 29.8 Å². The first-order chi connectivity index (χ1) is 9.47. The molecule has 0 spiro atoms. The summed E-state index contributed by atoms with van der Waals surface area (Å²) in [6.07, 6.45) is 0. The van der Waals surface area contributed by atoms with Crippen LogP contribution in [-0.4, -0.2) is 4.92 Å². The molecule has 0 saturated heterocycles. The van der Waals surface area contributed by atoms with Crippen LogP contribution in [0.1, 0.15) is 24.1 Å². The number of nitro benzene ring substituents is 1. The summed E-state index contributed by atoms with van der Waals surface area (Å²) in [5.41, 5.74) is 2.49. The van der Waals surface area contributed by atoms with E-state index in [1.807, 2.05) is 32.0 Å². The SMILES string of the molecule is Cc1ccc(NC(C)c2ccc(Cl)cc2)c([N+](=O)[O-])c1. The van der Waals surface area contributed by atoms with Gasteiger partial charge in [0.1, 0.15) is 5.69 Å². The zero-order chi connectivity index (χ0) is 14.7. The minimum absolute atomic E-state index is 0.0475. The van der Waals surface area contributed by atoms with Crippen LogP contribution in [0.3, 0.4) is 0 Å². The van der Waals surface area contributed by atoms with E-state index < -0.39 is 0 Å². The first-order valence-electron chi connectivity index (χ1n) is 6.24. The summed E-state index contributed by atoms with van der Waals surface area (Å²) >= 11 is 5.85. The Morgan fingerprint density at radius 3 is 2.45 bits per heavy atom. The average Bonchev–Trinajstić information content (AvgIpc) is 2.41. The van der Waals surface area contributed by atoms with Crippen LogP contribution in [0.25, 0.3) is 0 Å². The van der Waals surface area contributed by atoms with Gasteiger partial charge in [-0.15, -0.1) is 0 Å². The van der Waals surface area contributed by atoms with Gasteiger partial charge in [0.25, 0.3) is 5.69 Å². The molecular formula is C15H15ClN2O2. The van der Waals surface area contributed by atoms with Gasteiger partial charge in [-0.25, -0.2) is 0 Å². The normalized spacial score (nSPS) is 11.9. The Morgan fingerprint density at radius 2 is 1.85 bits per heavy atom. The Hall–Kier alpha value is -2.07. The number of rotatable bonds is 4. The van der Waals surface area contributed by atoms with E-state index in [0.29, 0.717) is 10.7 Å². The van der Waals surface area contributed by atoms with Gasteiger partial charge in [0.15, 0.2) is 0 Å². The molecule has 0 aliphatic rings. The molecule has 20 heavy (non-hydrogen) atoms. The molecule has 0 aliphatic heterocycles. The predicted molar refractivity (Wildman–Crippen MR) is 81.3 cm³/mol. The Labute approximate surface area is 122 Å². The number of nitrogens with zero attached hydrogens (tertiary/aromatic N) is 1. The highest BCUT2D eigenvalue weighted by Crippen LogP contribution is 2.29. The minimum atomic E-state index is -0.371. The highest BCUT2D eigenvalue weighted by atomic mass is 35.5. The zero-order valence-electron chi connectivity index (χ0n) is 11.3. The Kier molecular flexibility index (Phi) is 4.25. The third-order valence-electron chi connectivity index (χ3n) is 3.09. The fourth-order valence-electron chi connectivity index (χ4n) is 1.98. The van der Waals surface area contributed by atoms with Crippen molar-refractivity contribution in [2.45, 2.75) is 19.9 Å². The Bertz CT molecular complexity index is 626. The summed E-state index contributed by atoms with van der Waals surface area (Å²) in [7, 11) is 0. The van der Waals surface area contributed by atoms with Gasteiger partial charge in [-0.2, -0.15) is 0 Å². The van der Waals surface area contributed by atoms with Gasteiger partial charge in [0.2, 0.25) is 0 Å². The van der Waals surface area contributed by atoms with Gasteiger partial charge in [0, 0.05) is 17.1 Å². The second-order valence-electron chi connectivity index (χ2n) is 4.70. The van der Waals surface area contributed by atoms with E-state index in [9.17, 15) is 10.1 Å². The molecule has 1 N–H and O–H groups in total. The molecule has 4 nitrogen and oxygen atoms in total. The number of hydrogen-bond donors (Lipinski definition) is 1. The molecule has 0 bridgehead atoms. The maximum Gasteiger partial charge on any atom is 0.292 e. The highest BCUT2D eigenvalue weighted by molar-refractivity contribution is 6.30. The van der Waals surface area contributed by atoms with Crippen molar-refractivity contribution >= 4 is 23.0 Å². The maximum atomic E-state index is 11.1. The molecule has 104 valence electrons. The van der Waals surface area contributed by atoms with E-state index in [1.54, 1.807) is 24.3 Å². The van der Waals surface area contributed by atoms with E-state index >= 15 is 0 Å². The number of benzene rings is 2. The van der Waals surface area contributed by atoms with Gasteiger partial charge >= 0.3 is 0 Å². The van der Waals surface area contributed by atoms with E-state index in [2.05, 4.69) is 5.32 Å². The monoisotopic (exact) mass is 290 g/mol. The average molecular weight is 291 g/mol. The van der Waals surface area contributed by atoms with Crippen LogP contribution in [0.15, 0.2) is 42.5 Å². The number of hydrogen-bond acceptors (Lipinski definition) is 3. The molecule has 2 aromatic rings. The molecule has 2 rings (SSSR count). The van der Waals surface area contributed by atoms with Crippen molar-refractivity contribution in [3.05, 3.63) is 68.7 Å². The number of aryl methyl sites for hydroxylation is 1. The van der Waals surface area contributed by atoms with Crippen molar-refractivity contribution in [1.29, 1.82) is 0 Å². The molecule has 2 aromatic carbocycles. The molecule has 0 amide bonds. The van der Waals surface area contributed by atoms with Crippen LogP contribution >= 0.6 is 11.6 Å². The summed E-state index contributed by atoms with van der Waals surface area (Å²) in [4.78, 5) is 10.7. The molecule has 0 heterocycles. The van der Waals surface area contributed by atoms with E-state index in [0.717, 1.165) is 11.1 Å². The second-order valence-corrected chi connectivity index (χ2v) is 5.13. The molecule has 5 heteroatoms. The number of halogens is 1. The first-order valence-corrected chi connectivity index (χ1v) is 6.62. The molecule has 0 fully saturated rings. The quantitative estimate of drug-likeness (QED) is 0.654. The number of anilines is 1. The topological polar surface area (TPSA) is 55.2 Å². The summed E-state index contributed by atoms with van der Waals surface area (Å²) in [6.45, 7) is 3.78. The van der Waals surface area contributed by atoms with Crippen molar-refractivity contribution in [2.24, 2.45) is 0 Å². The van der Waals surface area contributed by atoms with Crippen molar-refractivity contribution in [3.63, 3.8) is 0 Å². The molecule has 0 aromatic heterocycles. The summed E-state index contributed by atoms with van der Waals surface area (Å²) in [5.74, 6) is 0. The molecule has 0 saturated carbocycles. The third-order valence-corrected chi connectivity index (χ3v) is 3.34.